The van der Waals surface area contributed by atoms with Gasteiger partial charge in [-0.05, 0) is 37.4 Å². The second-order valence-corrected chi connectivity index (χ2v) is 4.56. The van der Waals surface area contributed by atoms with Gasteiger partial charge in [-0.3, -0.25) is 0 Å². The van der Waals surface area contributed by atoms with Gasteiger partial charge >= 0.3 is 0 Å². The number of hydrogen-bond acceptors (Lipinski definition) is 2. The fourth-order valence-electron chi connectivity index (χ4n) is 2.29. The first kappa shape index (κ1) is 10.8. The van der Waals surface area contributed by atoms with Crippen molar-refractivity contribution < 1.29 is 0 Å². The van der Waals surface area contributed by atoms with Crippen LogP contribution in [0.15, 0.2) is 24.3 Å². The third-order valence-corrected chi connectivity index (χ3v) is 3.51. The minimum atomic E-state index is 0.495. The summed E-state index contributed by atoms with van der Waals surface area (Å²) in [5.41, 5.74) is 6.77. The first-order valence-electron chi connectivity index (χ1n) is 5.52. The molecule has 2 nitrogen and oxygen atoms in total. The summed E-state index contributed by atoms with van der Waals surface area (Å²) in [4.78, 5) is 0. The zero-order chi connectivity index (χ0) is 10.7. The molecule has 82 valence electrons. The smallest absolute Gasteiger partial charge is 0.0637 e. The molecule has 3 heteroatoms. The quantitative estimate of drug-likeness (QED) is 0.829. The van der Waals surface area contributed by atoms with Gasteiger partial charge in [-0.25, -0.2) is 0 Å². The highest BCUT2D eigenvalue weighted by atomic mass is 35.5. The molecular weight excluding hydrogens is 208 g/mol. The lowest BCUT2D eigenvalue weighted by atomic mass is 10.0. The molecule has 0 aliphatic heterocycles. The Hall–Kier alpha value is -0.730. The Morgan fingerprint density at radius 1 is 1.33 bits per heavy atom. The second kappa shape index (κ2) is 4.86. The van der Waals surface area contributed by atoms with Gasteiger partial charge < -0.3 is 11.1 Å². The summed E-state index contributed by atoms with van der Waals surface area (Å²) in [6.07, 6.45) is 3.70. The summed E-state index contributed by atoms with van der Waals surface area (Å²) in [5.74, 6) is 0.598. The van der Waals surface area contributed by atoms with E-state index >= 15 is 0 Å². The van der Waals surface area contributed by atoms with Crippen molar-refractivity contribution in [1.29, 1.82) is 0 Å². The van der Waals surface area contributed by atoms with Crippen LogP contribution in [0.1, 0.15) is 19.3 Å². The Kier molecular flexibility index (Phi) is 3.49. The van der Waals surface area contributed by atoms with Crippen LogP contribution in [0.4, 0.5) is 5.69 Å². The maximum atomic E-state index is 6.10. The monoisotopic (exact) mass is 224 g/mol. The van der Waals surface area contributed by atoms with Gasteiger partial charge in [0.05, 0.1) is 10.7 Å². The van der Waals surface area contributed by atoms with E-state index < -0.39 is 0 Å². The number of halogens is 1. The molecule has 0 amide bonds. The molecule has 2 rings (SSSR count). The van der Waals surface area contributed by atoms with E-state index in [1.165, 1.54) is 19.3 Å². The van der Waals surface area contributed by atoms with Crippen molar-refractivity contribution in [2.75, 3.05) is 11.9 Å². The van der Waals surface area contributed by atoms with Crippen LogP contribution in [-0.2, 0) is 0 Å². The normalized spacial score (nSPS) is 25.5. The molecule has 1 fully saturated rings. The first-order valence-corrected chi connectivity index (χ1v) is 5.90. The molecule has 0 heterocycles. The van der Waals surface area contributed by atoms with Crippen LogP contribution in [0, 0.1) is 5.92 Å². The van der Waals surface area contributed by atoms with Gasteiger partial charge in [-0.2, -0.15) is 0 Å². The van der Waals surface area contributed by atoms with Crippen LogP contribution in [0.3, 0.4) is 0 Å². The lowest BCUT2D eigenvalue weighted by molar-refractivity contribution is 0.516. The number of benzene rings is 1. The standard InChI is InChI=1S/C12H17ClN2/c13-10-5-1-2-6-12(10)15-11-7-3-4-9(11)8-14/h1-2,5-6,9,11,15H,3-4,7-8,14H2. The molecular formula is C12H17ClN2. The van der Waals surface area contributed by atoms with Crippen LogP contribution in [0.25, 0.3) is 0 Å². The highest BCUT2D eigenvalue weighted by Gasteiger charge is 2.25. The zero-order valence-electron chi connectivity index (χ0n) is 8.75. The summed E-state index contributed by atoms with van der Waals surface area (Å²) in [6.45, 7) is 0.766. The van der Waals surface area contributed by atoms with Gasteiger partial charge in [0.2, 0.25) is 0 Å². The number of hydrogen-bond donors (Lipinski definition) is 2. The lowest BCUT2D eigenvalue weighted by Gasteiger charge is -2.21. The number of para-hydroxylation sites is 1. The fraction of sp³-hybridized carbons (Fsp3) is 0.500. The summed E-state index contributed by atoms with van der Waals surface area (Å²) in [7, 11) is 0. The van der Waals surface area contributed by atoms with Crippen molar-refractivity contribution in [3.63, 3.8) is 0 Å². The average molecular weight is 225 g/mol. The molecule has 0 spiro atoms. The number of nitrogens with two attached hydrogens (primary N) is 1. The fourth-order valence-corrected chi connectivity index (χ4v) is 2.48. The summed E-state index contributed by atoms with van der Waals surface area (Å²) < 4.78 is 0. The molecule has 1 aromatic carbocycles. The van der Waals surface area contributed by atoms with Gasteiger partial charge in [0.25, 0.3) is 0 Å². The van der Waals surface area contributed by atoms with Crippen molar-refractivity contribution in [2.45, 2.75) is 25.3 Å². The first-order chi connectivity index (χ1) is 7.31. The molecule has 0 aromatic heterocycles. The van der Waals surface area contributed by atoms with E-state index in [0.29, 0.717) is 12.0 Å². The third-order valence-electron chi connectivity index (χ3n) is 3.18. The van der Waals surface area contributed by atoms with Gasteiger partial charge in [0, 0.05) is 6.04 Å². The van der Waals surface area contributed by atoms with Crippen LogP contribution >= 0.6 is 11.6 Å². The van der Waals surface area contributed by atoms with Crippen molar-refractivity contribution >= 4 is 17.3 Å². The Morgan fingerprint density at radius 3 is 2.87 bits per heavy atom. The zero-order valence-corrected chi connectivity index (χ0v) is 9.50. The van der Waals surface area contributed by atoms with Gasteiger partial charge in [0.1, 0.15) is 0 Å². The highest BCUT2D eigenvalue weighted by Crippen LogP contribution is 2.30. The molecule has 1 aromatic rings. The van der Waals surface area contributed by atoms with E-state index in [0.717, 1.165) is 17.3 Å². The topological polar surface area (TPSA) is 38.0 Å². The molecule has 3 N–H and O–H groups in total. The van der Waals surface area contributed by atoms with E-state index in [1.54, 1.807) is 0 Å². The largest absolute Gasteiger partial charge is 0.381 e. The Labute approximate surface area is 95.8 Å². The lowest BCUT2D eigenvalue weighted by Crippen LogP contribution is -2.29. The van der Waals surface area contributed by atoms with Gasteiger partial charge in [-0.1, -0.05) is 30.2 Å². The van der Waals surface area contributed by atoms with E-state index in [4.69, 9.17) is 17.3 Å². The molecule has 0 bridgehead atoms. The van der Waals surface area contributed by atoms with Crippen LogP contribution in [-0.4, -0.2) is 12.6 Å². The van der Waals surface area contributed by atoms with Crippen LogP contribution < -0.4 is 11.1 Å². The molecule has 1 aliphatic carbocycles. The number of anilines is 1. The van der Waals surface area contributed by atoms with E-state index in [1.807, 2.05) is 24.3 Å². The second-order valence-electron chi connectivity index (χ2n) is 4.16. The minimum Gasteiger partial charge on any atom is -0.381 e. The highest BCUT2D eigenvalue weighted by molar-refractivity contribution is 6.33. The molecule has 2 unspecified atom stereocenters. The van der Waals surface area contributed by atoms with Crippen LogP contribution in [0.2, 0.25) is 5.02 Å². The van der Waals surface area contributed by atoms with Crippen molar-refractivity contribution in [3.8, 4) is 0 Å². The van der Waals surface area contributed by atoms with E-state index in [9.17, 15) is 0 Å². The Balaban J connectivity index is 2.05. The third kappa shape index (κ3) is 2.44. The van der Waals surface area contributed by atoms with E-state index in [-0.39, 0.29) is 0 Å². The Morgan fingerprint density at radius 2 is 2.13 bits per heavy atom. The van der Waals surface area contributed by atoms with Crippen molar-refractivity contribution in [1.82, 2.24) is 0 Å². The Bertz CT molecular complexity index is 327. The molecule has 0 radical (unpaired) electrons. The molecule has 1 saturated carbocycles. The SMILES string of the molecule is NCC1CCCC1Nc1ccccc1Cl. The summed E-state index contributed by atoms with van der Waals surface area (Å²) in [5, 5.41) is 4.29. The molecule has 15 heavy (non-hydrogen) atoms. The minimum absolute atomic E-state index is 0.495. The summed E-state index contributed by atoms with van der Waals surface area (Å²) >= 11 is 6.10. The molecule has 0 saturated heterocycles. The van der Waals surface area contributed by atoms with Crippen molar-refractivity contribution in [3.05, 3.63) is 29.3 Å². The average Bonchev–Trinajstić information content (AvgIpc) is 2.69. The summed E-state index contributed by atoms with van der Waals surface area (Å²) in [6, 6.07) is 8.38. The maximum Gasteiger partial charge on any atom is 0.0637 e. The van der Waals surface area contributed by atoms with Gasteiger partial charge in [-0.15, -0.1) is 0 Å². The van der Waals surface area contributed by atoms with Crippen LogP contribution in [0.5, 0.6) is 0 Å². The molecule has 2 atom stereocenters. The predicted octanol–water partition coefficient (Wildman–Crippen LogP) is 2.88. The molecule has 1 aliphatic rings. The van der Waals surface area contributed by atoms with E-state index in [2.05, 4.69) is 5.32 Å². The number of nitrogens with one attached hydrogen (secondary N) is 1. The maximum absolute atomic E-state index is 6.10. The number of rotatable bonds is 3. The van der Waals surface area contributed by atoms with Gasteiger partial charge in [0.15, 0.2) is 0 Å². The predicted molar refractivity (Wildman–Crippen MR) is 65.3 cm³/mol. The van der Waals surface area contributed by atoms with Crippen molar-refractivity contribution in [2.24, 2.45) is 11.7 Å².